The minimum absolute atomic E-state index is 0.0472. The number of amides is 2. The Morgan fingerprint density at radius 2 is 1.79 bits per heavy atom. The van der Waals surface area contributed by atoms with Crippen LogP contribution in [0.2, 0.25) is 0 Å². The third kappa shape index (κ3) is 6.66. The minimum Gasteiger partial charge on any atom is -0.490 e. The first-order valence-electron chi connectivity index (χ1n) is 10.4. The van der Waals surface area contributed by atoms with Gasteiger partial charge in [-0.15, -0.1) is 0 Å². The SMILES string of the molecule is COC(=O)CC1C(=O)NCCN1C(=S)NC(=O)c1ccccc1OCCOc1ccccc1. The fourth-order valence-electron chi connectivity index (χ4n) is 3.25. The number of carbonyl (C=O) groups excluding carboxylic acids is 3. The van der Waals surface area contributed by atoms with Crippen LogP contribution in [0, 0.1) is 0 Å². The summed E-state index contributed by atoms with van der Waals surface area (Å²) in [6.45, 7) is 1.22. The van der Waals surface area contributed by atoms with Crippen LogP contribution < -0.4 is 20.1 Å². The molecule has 1 aliphatic rings. The molecule has 0 aliphatic carbocycles. The van der Waals surface area contributed by atoms with Gasteiger partial charge in [0.1, 0.15) is 30.8 Å². The van der Waals surface area contributed by atoms with Crippen LogP contribution in [0.4, 0.5) is 0 Å². The summed E-state index contributed by atoms with van der Waals surface area (Å²) in [6.07, 6.45) is -0.181. The molecule has 0 spiro atoms. The van der Waals surface area contributed by atoms with Gasteiger partial charge in [0.15, 0.2) is 5.11 Å². The lowest BCUT2D eigenvalue weighted by Gasteiger charge is -2.36. The number of carbonyl (C=O) groups is 3. The number of hydrogen-bond donors (Lipinski definition) is 2. The maximum absolute atomic E-state index is 12.9. The predicted molar refractivity (Wildman–Crippen MR) is 124 cm³/mol. The molecule has 9 nitrogen and oxygen atoms in total. The molecule has 0 bridgehead atoms. The van der Waals surface area contributed by atoms with Crippen LogP contribution in [0.25, 0.3) is 0 Å². The van der Waals surface area contributed by atoms with Crippen molar-refractivity contribution in [1.29, 1.82) is 0 Å². The lowest BCUT2D eigenvalue weighted by molar-refractivity contribution is -0.144. The van der Waals surface area contributed by atoms with E-state index in [0.717, 1.165) is 5.75 Å². The van der Waals surface area contributed by atoms with Crippen molar-refractivity contribution < 1.29 is 28.6 Å². The smallest absolute Gasteiger partial charge is 0.308 e. The highest BCUT2D eigenvalue weighted by molar-refractivity contribution is 7.80. The third-order valence-corrected chi connectivity index (χ3v) is 5.22. The summed E-state index contributed by atoms with van der Waals surface area (Å²) < 4.78 is 16.0. The molecule has 1 aliphatic heterocycles. The number of hydrogen-bond acceptors (Lipinski definition) is 7. The Morgan fingerprint density at radius 1 is 1.09 bits per heavy atom. The van der Waals surface area contributed by atoms with E-state index in [-0.39, 0.29) is 29.6 Å². The van der Waals surface area contributed by atoms with Gasteiger partial charge in [-0.05, 0) is 36.5 Å². The van der Waals surface area contributed by atoms with Crippen molar-refractivity contribution in [3.05, 3.63) is 60.2 Å². The Morgan fingerprint density at radius 3 is 2.55 bits per heavy atom. The molecule has 0 aromatic heterocycles. The van der Waals surface area contributed by atoms with Gasteiger partial charge in [0.25, 0.3) is 5.91 Å². The van der Waals surface area contributed by atoms with Gasteiger partial charge in [-0.1, -0.05) is 30.3 Å². The third-order valence-electron chi connectivity index (χ3n) is 4.88. The molecule has 1 saturated heterocycles. The second-order valence-corrected chi connectivity index (χ2v) is 7.43. The topological polar surface area (TPSA) is 106 Å². The van der Waals surface area contributed by atoms with Gasteiger partial charge in [0.05, 0.1) is 19.1 Å². The Kier molecular flexibility index (Phi) is 8.59. The van der Waals surface area contributed by atoms with E-state index in [2.05, 4.69) is 15.4 Å². The van der Waals surface area contributed by atoms with E-state index < -0.39 is 17.9 Å². The number of esters is 1. The molecule has 1 atom stereocenters. The Balaban J connectivity index is 1.60. The van der Waals surface area contributed by atoms with Gasteiger partial charge in [-0.2, -0.15) is 0 Å². The number of rotatable bonds is 8. The highest BCUT2D eigenvalue weighted by atomic mass is 32.1. The van der Waals surface area contributed by atoms with Gasteiger partial charge in [-0.3, -0.25) is 19.7 Å². The molecule has 2 aromatic rings. The number of benzene rings is 2. The van der Waals surface area contributed by atoms with Crippen molar-refractivity contribution >= 4 is 35.1 Å². The zero-order chi connectivity index (χ0) is 23.6. The average Bonchev–Trinajstić information content (AvgIpc) is 2.83. The molecule has 174 valence electrons. The second kappa shape index (κ2) is 11.8. The average molecular weight is 472 g/mol. The molecular formula is C23H25N3O6S. The Hall–Kier alpha value is -3.66. The maximum atomic E-state index is 12.9. The lowest BCUT2D eigenvalue weighted by Crippen LogP contribution is -2.60. The van der Waals surface area contributed by atoms with E-state index in [9.17, 15) is 14.4 Å². The van der Waals surface area contributed by atoms with Crippen molar-refractivity contribution in [1.82, 2.24) is 15.5 Å². The number of para-hydroxylation sites is 2. The van der Waals surface area contributed by atoms with Gasteiger partial charge in [0, 0.05) is 13.1 Å². The first-order valence-corrected chi connectivity index (χ1v) is 10.8. The van der Waals surface area contributed by atoms with Crippen molar-refractivity contribution in [2.24, 2.45) is 0 Å². The van der Waals surface area contributed by atoms with E-state index in [1.807, 2.05) is 30.3 Å². The molecule has 2 aromatic carbocycles. The molecule has 1 heterocycles. The Bertz CT molecular complexity index is 1000. The van der Waals surface area contributed by atoms with Crippen LogP contribution in [0.3, 0.4) is 0 Å². The van der Waals surface area contributed by atoms with E-state index >= 15 is 0 Å². The van der Waals surface area contributed by atoms with Gasteiger partial charge in [-0.25, -0.2) is 0 Å². The zero-order valence-electron chi connectivity index (χ0n) is 18.1. The molecule has 3 rings (SSSR count). The predicted octanol–water partition coefficient (Wildman–Crippen LogP) is 1.52. The van der Waals surface area contributed by atoms with E-state index in [0.29, 0.717) is 25.4 Å². The number of nitrogens with one attached hydrogen (secondary N) is 2. The molecular weight excluding hydrogens is 446 g/mol. The maximum Gasteiger partial charge on any atom is 0.308 e. The monoisotopic (exact) mass is 471 g/mol. The Labute approximate surface area is 197 Å². The minimum atomic E-state index is -0.861. The standard InChI is InChI=1S/C23H25N3O6S/c1-30-20(27)15-18-22(29)24-11-12-26(18)23(33)25-21(28)17-9-5-6-10-19(17)32-14-13-31-16-7-3-2-4-8-16/h2-10,18H,11-15H2,1H3,(H,24,29)(H,25,28,33). The van der Waals surface area contributed by atoms with E-state index in [1.165, 1.54) is 12.0 Å². The van der Waals surface area contributed by atoms with Crippen LogP contribution in [-0.4, -0.2) is 67.3 Å². The van der Waals surface area contributed by atoms with Crippen molar-refractivity contribution in [3.8, 4) is 11.5 Å². The second-order valence-electron chi connectivity index (χ2n) is 7.05. The van der Waals surface area contributed by atoms with Crippen molar-refractivity contribution in [2.75, 3.05) is 33.4 Å². The van der Waals surface area contributed by atoms with Gasteiger partial charge in [0.2, 0.25) is 5.91 Å². The van der Waals surface area contributed by atoms with Crippen LogP contribution in [-0.2, 0) is 14.3 Å². The molecule has 2 N–H and O–H groups in total. The summed E-state index contributed by atoms with van der Waals surface area (Å²) in [7, 11) is 1.25. The van der Waals surface area contributed by atoms with Gasteiger partial charge >= 0.3 is 5.97 Å². The number of methoxy groups -OCH3 is 1. The highest BCUT2D eigenvalue weighted by Gasteiger charge is 2.34. The fraction of sp³-hybridized carbons (Fsp3) is 0.304. The summed E-state index contributed by atoms with van der Waals surface area (Å²) in [4.78, 5) is 38.4. The van der Waals surface area contributed by atoms with Crippen molar-refractivity contribution in [2.45, 2.75) is 12.5 Å². The lowest BCUT2D eigenvalue weighted by atomic mass is 10.1. The summed E-state index contributed by atoms with van der Waals surface area (Å²) in [6, 6.07) is 15.2. The number of piperazine rings is 1. The number of ether oxygens (including phenoxy) is 3. The normalized spacial score (nSPS) is 15.2. The van der Waals surface area contributed by atoms with Gasteiger partial charge < -0.3 is 24.4 Å². The summed E-state index contributed by atoms with van der Waals surface area (Å²) in [5.74, 6) is -0.290. The van der Waals surface area contributed by atoms with Crippen LogP contribution in [0.1, 0.15) is 16.8 Å². The van der Waals surface area contributed by atoms with E-state index in [4.69, 9.17) is 21.7 Å². The summed E-state index contributed by atoms with van der Waals surface area (Å²) in [5.41, 5.74) is 0.283. The number of thiocarbonyl (C=S) groups is 1. The first-order chi connectivity index (χ1) is 16.0. The molecule has 0 saturated carbocycles. The first kappa shape index (κ1) is 24.0. The largest absolute Gasteiger partial charge is 0.490 e. The quantitative estimate of drug-likeness (QED) is 0.339. The highest BCUT2D eigenvalue weighted by Crippen LogP contribution is 2.19. The summed E-state index contributed by atoms with van der Waals surface area (Å²) >= 11 is 5.37. The molecule has 1 fully saturated rings. The summed E-state index contributed by atoms with van der Waals surface area (Å²) in [5, 5.41) is 5.38. The number of nitrogens with zero attached hydrogens (tertiary/aromatic N) is 1. The molecule has 33 heavy (non-hydrogen) atoms. The van der Waals surface area contributed by atoms with Crippen LogP contribution >= 0.6 is 12.2 Å². The zero-order valence-corrected chi connectivity index (χ0v) is 18.9. The van der Waals surface area contributed by atoms with Crippen molar-refractivity contribution in [3.63, 3.8) is 0 Å². The van der Waals surface area contributed by atoms with Crippen LogP contribution in [0.5, 0.6) is 11.5 Å². The molecule has 1 unspecified atom stereocenters. The molecule has 0 radical (unpaired) electrons. The molecule has 2 amide bonds. The fourth-order valence-corrected chi connectivity index (χ4v) is 3.56. The molecule has 10 heteroatoms. The van der Waals surface area contributed by atoms with Crippen LogP contribution in [0.15, 0.2) is 54.6 Å². The van der Waals surface area contributed by atoms with E-state index in [1.54, 1.807) is 24.3 Å².